The van der Waals surface area contributed by atoms with Crippen LogP contribution in [0.4, 0.5) is 0 Å². The number of sulfonamides is 1. The largest absolute Gasteiger partial charge is 0.487 e. The zero-order valence-corrected chi connectivity index (χ0v) is 18.9. The number of aliphatic hydroxyl groups is 1. The minimum atomic E-state index is -3.78. The van der Waals surface area contributed by atoms with Gasteiger partial charge in [0.05, 0.1) is 4.90 Å². The summed E-state index contributed by atoms with van der Waals surface area (Å²) in [5.74, 6) is 0.727. The molecule has 1 heterocycles. The lowest BCUT2D eigenvalue weighted by Crippen LogP contribution is -2.49. The van der Waals surface area contributed by atoms with Crippen LogP contribution < -0.4 is 15.2 Å². The van der Waals surface area contributed by atoms with Crippen LogP contribution in [0.15, 0.2) is 47.4 Å². The van der Waals surface area contributed by atoms with E-state index < -0.39 is 21.2 Å². The van der Waals surface area contributed by atoms with Gasteiger partial charge in [-0.3, -0.25) is 0 Å². The minimum Gasteiger partial charge on any atom is -0.487 e. The van der Waals surface area contributed by atoms with Crippen LogP contribution in [-0.2, 0) is 22.0 Å². The predicted molar refractivity (Wildman–Crippen MR) is 118 cm³/mol. The molecule has 0 aromatic heterocycles. The van der Waals surface area contributed by atoms with Crippen molar-refractivity contribution in [3.05, 3.63) is 58.6 Å². The number of halogens is 1. The molecule has 0 aliphatic carbocycles. The number of para-hydroxylation sites is 1. The summed E-state index contributed by atoms with van der Waals surface area (Å²) < 4.78 is 29.1. The number of ether oxygens (including phenoxy) is 1. The third kappa shape index (κ3) is 5.74. The van der Waals surface area contributed by atoms with Crippen molar-refractivity contribution in [3.8, 4) is 5.75 Å². The average molecular weight is 453 g/mol. The maximum Gasteiger partial charge on any atom is 0.238 e. The van der Waals surface area contributed by atoms with E-state index in [1.54, 1.807) is 12.1 Å². The lowest BCUT2D eigenvalue weighted by molar-refractivity contribution is -0.0624. The zero-order chi connectivity index (χ0) is 22.0. The molecule has 3 rings (SSSR count). The van der Waals surface area contributed by atoms with Gasteiger partial charge in [-0.25, -0.2) is 13.6 Å². The topological polar surface area (TPSA) is 102 Å². The Kier molecular flexibility index (Phi) is 6.79. The molecule has 0 radical (unpaired) electrons. The Morgan fingerprint density at radius 2 is 1.93 bits per heavy atom. The highest BCUT2D eigenvalue weighted by Gasteiger charge is 2.43. The van der Waals surface area contributed by atoms with E-state index in [0.29, 0.717) is 24.4 Å². The number of aryl methyl sites for hydroxylation is 1. The maximum absolute atomic E-state index is 11.5. The van der Waals surface area contributed by atoms with Crippen LogP contribution >= 0.6 is 11.6 Å². The van der Waals surface area contributed by atoms with Crippen LogP contribution in [0, 0.1) is 0 Å². The second kappa shape index (κ2) is 8.85. The number of nitrogens with two attached hydrogens (primary N) is 1. The van der Waals surface area contributed by atoms with E-state index in [2.05, 4.69) is 5.32 Å². The molecule has 2 aromatic carbocycles. The third-order valence-corrected chi connectivity index (χ3v) is 6.35. The van der Waals surface area contributed by atoms with E-state index in [4.69, 9.17) is 21.5 Å². The smallest absolute Gasteiger partial charge is 0.238 e. The molecule has 8 heteroatoms. The molecule has 0 bridgehead atoms. The van der Waals surface area contributed by atoms with Crippen molar-refractivity contribution >= 4 is 21.6 Å². The first-order chi connectivity index (χ1) is 14.0. The Labute approximate surface area is 183 Å². The molecule has 0 saturated carbocycles. The van der Waals surface area contributed by atoms with E-state index in [9.17, 15) is 13.5 Å². The van der Waals surface area contributed by atoms with Crippen molar-refractivity contribution in [1.82, 2.24) is 5.32 Å². The van der Waals surface area contributed by atoms with E-state index >= 15 is 0 Å². The van der Waals surface area contributed by atoms with Gasteiger partial charge >= 0.3 is 0 Å². The number of nitrogens with one attached hydrogen (secondary N) is 1. The van der Waals surface area contributed by atoms with Gasteiger partial charge < -0.3 is 15.2 Å². The molecular weight excluding hydrogens is 424 g/mol. The fourth-order valence-corrected chi connectivity index (χ4v) is 4.96. The van der Waals surface area contributed by atoms with Gasteiger partial charge in [0, 0.05) is 23.6 Å². The second-order valence-electron chi connectivity index (χ2n) is 8.54. The molecule has 2 aromatic rings. The zero-order valence-electron chi connectivity index (χ0n) is 17.3. The van der Waals surface area contributed by atoms with E-state index in [1.807, 2.05) is 38.1 Å². The summed E-state index contributed by atoms with van der Waals surface area (Å²) in [5, 5.41) is 20.2. The molecule has 0 fully saturated rings. The molecule has 4 N–H and O–H groups in total. The van der Waals surface area contributed by atoms with Crippen LogP contribution in [-0.4, -0.2) is 32.2 Å². The molecule has 30 heavy (non-hydrogen) atoms. The highest BCUT2D eigenvalue weighted by atomic mass is 35.5. The molecule has 1 atom stereocenters. The number of rotatable bonds is 8. The Bertz CT molecular complexity index is 1010. The fourth-order valence-electron chi connectivity index (χ4n) is 4.03. The standard InChI is InChI=1S/C22H29ClN2O4S/c1-21(2)14-22(26,19-8-3-4-9-20(19)29-21)15-25-10-6-5-7-16-11-17(23)13-18(12-16)30(24,27)28/h3-4,8-9,11-13,25-26H,5-7,10,14-15H2,1-2H3,(H2,24,27,28). The van der Waals surface area contributed by atoms with E-state index in [1.165, 1.54) is 6.07 Å². The molecular formula is C22H29ClN2O4S. The van der Waals surface area contributed by atoms with Crippen LogP contribution in [0.1, 0.15) is 44.2 Å². The van der Waals surface area contributed by atoms with Gasteiger partial charge in [0.15, 0.2) is 0 Å². The van der Waals surface area contributed by atoms with Gasteiger partial charge in [0.2, 0.25) is 10.0 Å². The molecule has 1 unspecified atom stereocenters. The summed E-state index contributed by atoms with van der Waals surface area (Å²) >= 11 is 6.01. The van der Waals surface area contributed by atoms with Crippen LogP contribution in [0.3, 0.4) is 0 Å². The lowest BCUT2D eigenvalue weighted by Gasteiger charge is -2.43. The van der Waals surface area contributed by atoms with Crippen LogP contribution in [0.5, 0.6) is 5.75 Å². The van der Waals surface area contributed by atoms with Gasteiger partial charge in [-0.15, -0.1) is 0 Å². The summed E-state index contributed by atoms with van der Waals surface area (Å²) in [5.41, 5.74) is 0.213. The highest BCUT2D eigenvalue weighted by Crippen LogP contribution is 2.43. The second-order valence-corrected chi connectivity index (χ2v) is 10.5. The first-order valence-corrected chi connectivity index (χ1v) is 11.9. The Morgan fingerprint density at radius 1 is 1.20 bits per heavy atom. The monoisotopic (exact) mass is 452 g/mol. The predicted octanol–water partition coefficient (Wildman–Crippen LogP) is 3.35. The summed E-state index contributed by atoms with van der Waals surface area (Å²) in [6.07, 6.45) is 2.91. The summed E-state index contributed by atoms with van der Waals surface area (Å²) in [6, 6.07) is 12.3. The molecule has 0 spiro atoms. The molecule has 1 aliphatic rings. The highest BCUT2D eigenvalue weighted by molar-refractivity contribution is 7.89. The van der Waals surface area contributed by atoms with Gasteiger partial charge in [-0.05, 0) is 69.5 Å². The van der Waals surface area contributed by atoms with Crippen molar-refractivity contribution < 1.29 is 18.3 Å². The van der Waals surface area contributed by atoms with Crippen molar-refractivity contribution in [2.24, 2.45) is 5.14 Å². The van der Waals surface area contributed by atoms with E-state index in [0.717, 1.165) is 36.3 Å². The molecule has 164 valence electrons. The fraction of sp³-hybridized carbons (Fsp3) is 0.455. The quantitative estimate of drug-likeness (QED) is 0.533. The summed E-state index contributed by atoms with van der Waals surface area (Å²) in [4.78, 5) is 0.0335. The normalized spacial score (nSPS) is 20.4. The number of unbranched alkanes of at least 4 members (excludes halogenated alkanes) is 1. The van der Waals surface area contributed by atoms with Gasteiger partial charge in [-0.1, -0.05) is 29.8 Å². The average Bonchev–Trinajstić information content (AvgIpc) is 2.62. The Balaban J connectivity index is 1.52. The van der Waals surface area contributed by atoms with Gasteiger partial charge in [0.25, 0.3) is 0 Å². The first-order valence-electron chi connectivity index (χ1n) is 10.0. The number of hydrogen-bond donors (Lipinski definition) is 3. The maximum atomic E-state index is 11.5. The molecule has 0 amide bonds. The first kappa shape index (κ1) is 23.0. The van der Waals surface area contributed by atoms with Crippen molar-refractivity contribution in [1.29, 1.82) is 0 Å². The number of benzene rings is 2. The third-order valence-electron chi connectivity index (χ3n) is 5.24. The molecule has 1 aliphatic heterocycles. The Hall–Kier alpha value is -1.64. The van der Waals surface area contributed by atoms with Crippen LogP contribution in [0.25, 0.3) is 0 Å². The molecule has 0 saturated heterocycles. The Morgan fingerprint density at radius 3 is 2.67 bits per heavy atom. The SMILES string of the molecule is CC1(C)CC(O)(CNCCCCc2cc(Cl)cc(S(N)(=O)=O)c2)c2ccccc2O1. The summed E-state index contributed by atoms with van der Waals surface area (Å²) in [7, 11) is -3.78. The number of hydrogen-bond acceptors (Lipinski definition) is 5. The van der Waals surface area contributed by atoms with Gasteiger partial charge in [-0.2, -0.15) is 0 Å². The van der Waals surface area contributed by atoms with Crippen molar-refractivity contribution in [3.63, 3.8) is 0 Å². The minimum absolute atomic E-state index is 0.0335. The number of primary sulfonamides is 1. The number of fused-ring (bicyclic) bond motifs is 1. The van der Waals surface area contributed by atoms with E-state index in [-0.39, 0.29) is 4.90 Å². The van der Waals surface area contributed by atoms with Crippen molar-refractivity contribution in [2.75, 3.05) is 13.1 Å². The van der Waals surface area contributed by atoms with Gasteiger partial charge in [0.1, 0.15) is 17.0 Å². The van der Waals surface area contributed by atoms with Crippen LogP contribution in [0.2, 0.25) is 5.02 Å². The molecule has 6 nitrogen and oxygen atoms in total. The summed E-state index contributed by atoms with van der Waals surface area (Å²) in [6.45, 7) is 5.13. The lowest BCUT2D eigenvalue weighted by atomic mass is 9.80. The van der Waals surface area contributed by atoms with Crippen molar-refractivity contribution in [2.45, 2.75) is 55.6 Å².